The van der Waals surface area contributed by atoms with Gasteiger partial charge in [-0.05, 0) is 56.4 Å². The molecule has 0 amide bonds. The number of hydrogen-bond acceptors (Lipinski definition) is 6. The maximum Gasteiger partial charge on any atom is 0.357 e. The highest BCUT2D eigenvalue weighted by atomic mass is 16.5. The standard InChI is InChI=1S/C25H31N5O2/c1-4-32-25(31)20-14-19(17-12-13-21(26-15-17)29(2)3)22-23(16-10-11-16)28-30(24(22)27-20)18-8-6-5-7-9-18/h12-16,18H,4-11H2,1-3H3. The van der Waals surface area contributed by atoms with Crippen molar-refractivity contribution in [2.24, 2.45) is 0 Å². The van der Waals surface area contributed by atoms with Crippen LogP contribution in [-0.2, 0) is 4.74 Å². The van der Waals surface area contributed by atoms with Crippen molar-refractivity contribution in [3.63, 3.8) is 0 Å². The molecule has 0 spiro atoms. The van der Waals surface area contributed by atoms with Crippen LogP contribution < -0.4 is 4.90 Å². The average Bonchev–Trinajstić information content (AvgIpc) is 3.59. The molecule has 0 bridgehead atoms. The van der Waals surface area contributed by atoms with Crippen molar-refractivity contribution in [3.05, 3.63) is 35.8 Å². The van der Waals surface area contributed by atoms with Gasteiger partial charge in [0.1, 0.15) is 5.82 Å². The van der Waals surface area contributed by atoms with Crippen molar-refractivity contribution in [2.75, 3.05) is 25.6 Å². The molecule has 0 saturated heterocycles. The van der Waals surface area contributed by atoms with Gasteiger partial charge in [-0.25, -0.2) is 19.4 Å². The predicted molar refractivity (Wildman–Crippen MR) is 125 cm³/mol. The number of ether oxygens (including phenoxy) is 1. The zero-order chi connectivity index (χ0) is 22.2. The van der Waals surface area contributed by atoms with E-state index in [1.807, 2.05) is 44.2 Å². The van der Waals surface area contributed by atoms with Gasteiger partial charge in [0.25, 0.3) is 0 Å². The van der Waals surface area contributed by atoms with Gasteiger partial charge < -0.3 is 9.64 Å². The average molecular weight is 434 g/mol. The molecule has 32 heavy (non-hydrogen) atoms. The number of carbonyl (C=O) groups is 1. The lowest BCUT2D eigenvalue weighted by atomic mass is 9.95. The molecule has 2 aliphatic carbocycles. The zero-order valence-corrected chi connectivity index (χ0v) is 19.2. The molecule has 0 radical (unpaired) electrons. The van der Waals surface area contributed by atoms with Gasteiger partial charge in [0, 0.05) is 31.8 Å². The maximum absolute atomic E-state index is 12.7. The molecular formula is C25H31N5O2. The van der Waals surface area contributed by atoms with E-state index in [1.54, 1.807) is 0 Å². The summed E-state index contributed by atoms with van der Waals surface area (Å²) in [5, 5.41) is 6.20. The summed E-state index contributed by atoms with van der Waals surface area (Å²) in [7, 11) is 3.95. The highest BCUT2D eigenvalue weighted by Gasteiger charge is 2.33. The van der Waals surface area contributed by atoms with E-state index < -0.39 is 5.97 Å². The summed E-state index contributed by atoms with van der Waals surface area (Å²) in [4.78, 5) is 24.1. The zero-order valence-electron chi connectivity index (χ0n) is 19.2. The molecule has 2 saturated carbocycles. The van der Waals surface area contributed by atoms with Crippen LogP contribution in [0.2, 0.25) is 0 Å². The summed E-state index contributed by atoms with van der Waals surface area (Å²) in [6.45, 7) is 2.14. The van der Waals surface area contributed by atoms with Crippen LogP contribution in [0.4, 0.5) is 5.82 Å². The molecule has 7 heteroatoms. The molecule has 2 aliphatic rings. The Morgan fingerprint density at radius 2 is 1.94 bits per heavy atom. The van der Waals surface area contributed by atoms with Gasteiger partial charge in [-0.1, -0.05) is 19.3 Å². The van der Waals surface area contributed by atoms with Crippen molar-refractivity contribution in [1.29, 1.82) is 0 Å². The van der Waals surface area contributed by atoms with Crippen molar-refractivity contribution >= 4 is 22.8 Å². The van der Waals surface area contributed by atoms with Gasteiger partial charge in [-0.2, -0.15) is 5.10 Å². The molecule has 2 fully saturated rings. The Hall–Kier alpha value is -2.96. The Morgan fingerprint density at radius 1 is 1.16 bits per heavy atom. The first-order valence-corrected chi connectivity index (χ1v) is 11.8. The van der Waals surface area contributed by atoms with Crippen LogP contribution in [0.1, 0.15) is 80.0 Å². The third-order valence-corrected chi connectivity index (χ3v) is 6.58. The molecule has 3 heterocycles. The number of esters is 1. The van der Waals surface area contributed by atoms with Gasteiger partial charge in [-0.15, -0.1) is 0 Å². The van der Waals surface area contributed by atoms with Gasteiger partial charge in [0.2, 0.25) is 0 Å². The summed E-state index contributed by atoms with van der Waals surface area (Å²) in [6, 6.07) is 6.28. The Bertz CT molecular complexity index is 1130. The van der Waals surface area contributed by atoms with E-state index in [9.17, 15) is 4.79 Å². The quantitative estimate of drug-likeness (QED) is 0.503. The molecule has 3 aromatic heterocycles. The lowest BCUT2D eigenvalue weighted by molar-refractivity contribution is 0.0520. The fourth-order valence-corrected chi connectivity index (χ4v) is 4.73. The summed E-state index contributed by atoms with van der Waals surface area (Å²) in [5.41, 5.74) is 4.22. The van der Waals surface area contributed by atoms with Crippen LogP contribution in [0.5, 0.6) is 0 Å². The summed E-state index contributed by atoms with van der Waals surface area (Å²) in [6.07, 6.45) is 10.1. The van der Waals surface area contributed by atoms with Gasteiger partial charge in [-0.3, -0.25) is 0 Å². The molecule has 0 aliphatic heterocycles. The molecule has 7 nitrogen and oxygen atoms in total. The number of pyridine rings is 2. The molecule has 0 atom stereocenters. The number of rotatable bonds is 6. The summed E-state index contributed by atoms with van der Waals surface area (Å²) >= 11 is 0. The topological polar surface area (TPSA) is 73.1 Å². The van der Waals surface area contributed by atoms with Gasteiger partial charge in [0.05, 0.1) is 23.7 Å². The number of nitrogens with zero attached hydrogens (tertiary/aromatic N) is 5. The minimum atomic E-state index is -0.391. The summed E-state index contributed by atoms with van der Waals surface area (Å²) < 4.78 is 7.44. The second kappa shape index (κ2) is 8.52. The maximum atomic E-state index is 12.7. The van der Waals surface area contributed by atoms with E-state index in [2.05, 4.69) is 15.7 Å². The third kappa shape index (κ3) is 3.85. The van der Waals surface area contributed by atoms with Crippen molar-refractivity contribution in [1.82, 2.24) is 19.7 Å². The first-order chi connectivity index (χ1) is 15.6. The second-order valence-electron chi connectivity index (χ2n) is 9.17. The fourth-order valence-electron chi connectivity index (χ4n) is 4.73. The van der Waals surface area contributed by atoms with Crippen LogP contribution in [0.3, 0.4) is 0 Å². The Balaban J connectivity index is 1.73. The Morgan fingerprint density at radius 3 is 2.56 bits per heavy atom. The Kier molecular flexibility index (Phi) is 5.57. The van der Waals surface area contributed by atoms with Crippen molar-refractivity contribution in [2.45, 2.75) is 63.8 Å². The molecule has 0 unspecified atom stereocenters. The van der Waals surface area contributed by atoms with Gasteiger partial charge in [0.15, 0.2) is 11.3 Å². The molecular weight excluding hydrogens is 402 g/mol. The number of hydrogen-bond donors (Lipinski definition) is 0. The molecule has 0 N–H and O–H groups in total. The van der Waals surface area contributed by atoms with Gasteiger partial charge >= 0.3 is 5.97 Å². The predicted octanol–water partition coefficient (Wildman–Crippen LogP) is 5.12. The van der Waals surface area contributed by atoms with Crippen LogP contribution in [-0.4, -0.2) is 46.4 Å². The minimum Gasteiger partial charge on any atom is -0.461 e. The molecule has 3 aromatic rings. The van der Waals surface area contributed by atoms with E-state index in [-0.39, 0.29) is 0 Å². The van der Waals surface area contributed by atoms with Crippen LogP contribution in [0.25, 0.3) is 22.2 Å². The van der Waals surface area contributed by atoms with E-state index in [1.165, 1.54) is 19.3 Å². The SMILES string of the molecule is CCOC(=O)c1cc(-c2ccc(N(C)C)nc2)c2c(C3CC3)nn(C3CCCCC3)c2n1. The smallest absolute Gasteiger partial charge is 0.357 e. The van der Waals surface area contributed by atoms with E-state index in [4.69, 9.17) is 14.8 Å². The van der Waals surface area contributed by atoms with Crippen LogP contribution in [0.15, 0.2) is 24.4 Å². The van der Waals surface area contributed by atoms with E-state index >= 15 is 0 Å². The Labute approximate surface area is 188 Å². The van der Waals surface area contributed by atoms with E-state index in [0.717, 1.165) is 59.4 Å². The lowest BCUT2D eigenvalue weighted by Crippen LogP contribution is -2.16. The van der Waals surface area contributed by atoms with Crippen molar-refractivity contribution < 1.29 is 9.53 Å². The lowest BCUT2D eigenvalue weighted by Gasteiger charge is -2.22. The van der Waals surface area contributed by atoms with Crippen LogP contribution in [0, 0.1) is 0 Å². The number of carbonyl (C=O) groups excluding carboxylic acids is 1. The minimum absolute atomic E-state index is 0.322. The van der Waals surface area contributed by atoms with E-state index in [0.29, 0.717) is 24.3 Å². The second-order valence-corrected chi connectivity index (χ2v) is 9.17. The molecule has 0 aromatic carbocycles. The molecule has 168 valence electrons. The van der Waals surface area contributed by atoms with Crippen LogP contribution >= 0.6 is 0 Å². The first kappa shape index (κ1) is 20.9. The monoisotopic (exact) mass is 433 g/mol. The first-order valence-electron chi connectivity index (χ1n) is 11.8. The number of aromatic nitrogens is 4. The highest BCUT2D eigenvalue weighted by molar-refractivity contribution is 6.00. The summed E-state index contributed by atoms with van der Waals surface area (Å²) in [5.74, 6) is 0.980. The third-order valence-electron chi connectivity index (χ3n) is 6.58. The number of fused-ring (bicyclic) bond motifs is 1. The largest absolute Gasteiger partial charge is 0.461 e. The van der Waals surface area contributed by atoms with Crippen molar-refractivity contribution in [3.8, 4) is 11.1 Å². The normalized spacial score (nSPS) is 17.0. The molecule has 5 rings (SSSR count). The number of anilines is 1. The fraction of sp³-hybridized carbons (Fsp3) is 0.520. The highest BCUT2D eigenvalue weighted by Crippen LogP contribution is 2.46.